The fraction of sp³-hybridized carbons (Fsp3) is 0.450. The van der Waals surface area contributed by atoms with E-state index in [1.807, 2.05) is 21.2 Å². The summed E-state index contributed by atoms with van der Waals surface area (Å²) >= 11 is 1.65. The van der Waals surface area contributed by atoms with Crippen molar-refractivity contribution >= 4 is 17.2 Å². The molecule has 8 nitrogen and oxygen atoms in total. The Kier molecular flexibility index (Phi) is 4.84. The van der Waals surface area contributed by atoms with E-state index in [-0.39, 0.29) is 18.1 Å². The van der Waals surface area contributed by atoms with Gasteiger partial charge >= 0.3 is 0 Å². The predicted octanol–water partition coefficient (Wildman–Crippen LogP) is 2.53. The maximum Gasteiger partial charge on any atom is 0.274 e. The third-order valence-electron chi connectivity index (χ3n) is 6.12. The molecule has 2 fully saturated rings. The number of hydrogen-bond donors (Lipinski definition) is 0. The molecule has 29 heavy (non-hydrogen) atoms. The number of likely N-dealkylation sites (tertiary alicyclic amines) is 1. The highest BCUT2D eigenvalue weighted by molar-refractivity contribution is 7.08. The van der Waals surface area contributed by atoms with Crippen LogP contribution in [0.15, 0.2) is 41.6 Å². The van der Waals surface area contributed by atoms with Gasteiger partial charge in [0.15, 0.2) is 0 Å². The van der Waals surface area contributed by atoms with Crippen LogP contribution in [-0.4, -0.2) is 62.1 Å². The van der Waals surface area contributed by atoms with Gasteiger partial charge in [-0.2, -0.15) is 11.3 Å². The number of nitrogens with zero attached hydrogens (tertiary/aromatic N) is 6. The first-order valence-electron chi connectivity index (χ1n) is 9.75. The van der Waals surface area contributed by atoms with Crippen molar-refractivity contribution in [2.75, 3.05) is 20.2 Å². The minimum absolute atomic E-state index is 0.0430. The molecule has 3 aromatic heterocycles. The van der Waals surface area contributed by atoms with Crippen LogP contribution >= 0.6 is 11.3 Å². The number of rotatable bonds is 4. The Balaban J connectivity index is 1.33. The molecule has 0 radical (unpaired) electrons. The monoisotopic (exact) mass is 410 g/mol. The molecule has 4 atom stereocenters. The third-order valence-corrected chi connectivity index (χ3v) is 6.81. The zero-order chi connectivity index (χ0) is 19.8. The molecule has 4 heterocycles. The first-order valence-corrected chi connectivity index (χ1v) is 10.7. The standard InChI is InChI=1S/C20H22N6O2S/c1-28-19-7-15-10-25(20(27)16-8-21-3-4-22-16)9-14(15)6-18(19)26-11-17(23-24-26)13-2-5-29-12-13/h2-5,8,11-12,14-15,18-19H,6-7,9-10H2,1H3/t14-,15+,18-,19-/m1/s1. The molecule has 5 rings (SSSR count). The van der Waals surface area contributed by atoms with Crippen LogP contribution in [0.4, 0.5) is 0 Å². The number of amides is 1. The minimum atomic E-state index is -0.0430. The van der Waals surface area contributed by atoms with Crippen molar-refractivity contribution in [3.63, 3.8) is 0 Å². The summed E-state index contributed by atoms with van der Waals surface area (Å²) in [6, 6.07) is 2.17. The normalized spacial score (nSPS) is 26.4. The Morgan fingerprint density at radius 1 is 1.24 bits per heavy atom. The van der Waals surface area contributed by atoms with E-state index >= 15 is 0 Å². The van der Waals surface area contributed by atoms with Gasteiger partial charge in [0.25, 0.3) is 5.91 Å². The zero-order valence-electron chi connectivity index (χ0n) is 16.1. The molecule has 0 N–H and O–H groups in total. The van der Waals surface area contributed by atoms with Gasteiger partial charge in [-0.05, 0) is 36.1 Å². The summed E-state index contributed by atoms with van der Waals surface area (Å²) in [4.78, 5) is 22.9. The number of hydrogen-bond acceptors (Lipinski definition) is 7. The van der Waals surface area contributed by atoms with Crippen LogP contribution < -0.4 is 0 Å². The molecule has 1 saturated heterocycles. The SMILES string of the molecule is CO[C@@H]1C[C@H]2CN(C(=O)c3cnccn3)C[C@H]2C[C@H]1n1cc(-c2ccsc2)nn1. The summed E-state index contributed by atoms with van der Waals surface area (Å²) in [5, 5.41) is 12.9. The highest BCUT2D eigenvalue weighted by Gasteiger charge is 2.45. The number of aromatic nitrogens is 5. The van der Waals surface area contributed by atoms with E-state index in [9.17, 15) is 4.79 Å². The van der Waals surface area contributed by atoms with Gasteiger partial charge in [0.2, 0.25) is 0 Å². The van der Waals surface area contributed by atoms with Gasteiger partial charge in [-0.1, -0.05) is 5.21 Å². The number of carbonyl (C=O) groups is 1. The largest absolute Gasteiger partial charge is 0.379 e. The molecule has 1 amide bonds. The number of thiophene rings is 1. The van der Waals surface area contributed by atoms with E-state index in [1.54, 1.807) is 30.8 Å². The van der Waals surface area contributed by atoms with E-state index in [2.05, 4.69) is 31.7 Å². The average Bonchev–Trinajstić information content (AvgIpc) is 3.52. The molecule has 150 valence electrons. The summed E-state index contributed by atoms with van der Waals surface area (Å²) in [6.45, 7) is 1.48. The summed E-state index contributed by atoms with van der Waals surface area (Å²) < 4.78 is 7.78. The van der Waals surface area contributed by atoms with Gasteiger partial charge in [0.1, 0.15) is 11.4 Å². The second-order valence-corrected chi connectivity index (χ2v) is 8.51. The first kappa shape index (κ1) is 18.4. The molecule has 1 saturated carbocycles. The van der Waals surface area contributed by atoms with E-state index in [4.69, 9.17) is 4.74 Å². The molecule has 0 spiro atoms. The highest BCUT2D eigenvalue weighted by atomic mass is 32.1. The van der Waals surface area contributed by atoms with Gasteiger partial charge in [-0.25, -0.2) is 9.67 Å². The van der Waals surface area contributed by atoms with Crippen molar-refractivity contribution in [1.29, 1.82) is 0 Å². The van der Waals surface area contributed by atoms with Crippen LogP contribution in [-0.2, 0) is 4.74 Å². The Morgan fingerprint density at radius 3 is 2.83 bits per heavy atom. The zero-order valence-corrected chi connectivity index (χ0v) is 16.9. The summed E-state index contributed by atoms with van der Waals surface area (Å²) in [6.07, 6.45) is 8.56. The van der Waals surface area contributed by atoms with Crippen molar-refractivity contribution in [2.24, 2.45) is 11.8 Å². The number of methoxy groups -OCH3 is 1. The molecule has 0 aromatic carbocycles. The molecule has 2 aliphatic rings. The smallest absolute Gasteiger partial charge is 0.274 e. The van der Waals surface area contributed by atoms with Crippen LogP contribution in [0.25, 0.3) is 11.3 Å². The summed E-state index contributed by atoms with van der Waals surface area (Å²) in [5.41, 5.74) is 2.38. The van der Waals surface area contributed by atoms with Gasteiger partial charge < -0.3 is 9.64 Å². The quantitative estimate of drug-likeness (QED) is 0.657. The molecule has 1 aliphatic carbocycles. The van der Waals surface area contributed by atoms with Gasteiger partial charge in [-0.3, -0.25) is 9.78 Å². The molecule has 0 bridgehead atoms. The lowest BCUT2D eigenvalue weighted by atomic mass is 9.77. The molecular weight excluding hydrogens is 388 g/mol. The summed E-state index contributed by atoms with van der Waals surface area (Å²) in [5.74, 6) is 0.802. The minimum Gasteiger partial charge on any atom is -0.379 e. The Labute approximate surface area is 172 Å². The van der Waals surface area contributed by atoms with Crippen LogP contribution in [0, 0.1) is 11.8 Å². The molecule has 0 unspecified atom stereocenters. The predicted molar refractivity (Wildman–Crippen MR) is 107 cm³/mol. The number of ether oxygens (including phenoxy) is 1. The lowest BCUT2D eigenvalue weighted by molar-refractivity contribution is -0.00545. The third kappa shape index (κ3) is 3.44. The highest BCUT2D eigenvalue weighted by Crippen LogP contribution is 2.42. The van der Waals surface area contributed by atoms with E-state index < -0.39 is 0 Å². The van der Waals surface area contributed by atoms with Crippen molar-refractivity contribution in [1.82, 2.24) is 29.9 Å². The van der Waals surface area contributed by atoms with Gasteiger partial charge in [0, 0.05) is 43.5 Å². The van der Waals surface area contributed by atoms with Crippen LogP contribution in [0.2, 0.25) is 0 Å². The van der Waals surface area contributed by atoms with E-state index in [0.717, 1.165) is 37.2 Å². The van der Waals surface area contributed by atoms with Crippen molar-refractivity contribution in [3.8, 4) is 11.3 Å². The van der Waals surface area contributed by atoms with E-state index in [0.29, 0.717) is 17.5 Å². The first-order chi connectivity index (χ1) is 14.2. The molecular formula is C20H22N6O2S. The fourth-order valence-corrected chi connectivity index (χ4v) is 5.29. The molecule has 9 heteroatoms. The lowest BCUT2D eigenvalue weighted by Crippen LogP contribution is -2.37. The lowest BCUT2D eigenvalue weighted by Gasteiger charge is -2.36. The maximum atomic E-state index is 12.8. The number of carbonyl (C=O) groups excluding carboxylic acids is 1. The molecule has 3 aromatic rings. The Morgan fingerprint density at radius 2 is 2.10 bits per heavy atom. The second-order valence-electron chi connectivity index (χ2n) is 7.73. The van der Waals surface area contributed by atoms with Crippen LogP contribution in [0.5, 0.6) is 0 Å². The Bertz CT molecular complexity index is 976. The van der Waals surface area contributed by atoms with Crippen LogP contribution in [0.1, 0.15) is 29.4 Å². The maximum absolute atomic E-state index is 12.8. The van der Waals surface area contributed by atoms with Gasteiger partial charge in [-0.15, -0.1) is 5.10 Å². The fourth-order valence-electron chi connectivity index (χ4n) is 4.64. The number of fused-ring (bicyclic) bond motifs is 1. The van der Waals surface area contributed by atoms with Crippen molar-refractivity contribution < 1.29 is 9.53 Å². The van der Waals surface area contributed by atoms with Crippen molar-refractivity contribution in [2.45, 2.75) is 25.0 Å². The van der Waals surface area contributed by atoms with Gasteiger partial charge in [0.05, 0.1) is 24.5 Å². The topological polar surface area (TPSA) is 86.0 Å². The average molecular weight is 411 g/mol. The van der Waals surface area contributed by atoms with E-state index in [1.165, 1.54) is 6.20 Å². The molecule has 1 aliphatic heterocycles. The Hall–Kier alpha value is -2.65. The van der Waals surface area contributed by atoms with Crippen LogP contribution in [0.3, 0.4) is 0 Å². The summed E-state index contributed by atoms with van der Waals surface area (Å²) in [7, 11) is 1.76. The van der Waals surface area contributed by atoms with Crippen molar-refractivity contribution in [3.05, 3.63) is 47.3 Å². The second kappa shape index (κ2) is 7.64.